The summed E-state index contributed by atoms with van der Waals surface area (Å²) in [7, 11) is 1.58. The molecule has 0 aliphatic heterocycles. The second-order valence-corrected chi connectivity index (χ2v) is 5.59. The second kappa shape index (κ2) is 8.72. The van der Waals surface area contributed by atoms with Crippen molar-refractivity contribution in [1.82, 2.24) is 0 Å². The summed E-state index contributed by atoms with van der Waals surface area (Å²) in [5.41, 5.74) is 6.12. The van der Waals surface area contributed by atoms with Gasteiger partial charge in [0.05, 0.1) is 7.11 Å². The minimum absolute atomic E-state index is 0.0519. The van der Waals surface area contributed by atoms with Crippen LogP contribution < -0.4 is 15.2 Å². The lowest BCUT2D eigenvalue weighted by Gasteiger charge is -2.05. The fourth-order valence-corrected chi connectivity index (χ4v) is 2.20. The molecule has 0 saturated heterocycles. The van der Waals surface area contributed by atoms with E-state index in [-0.39, 0.29) is 18.2 Å². The number of furan rings is 1. The van der Waals surface area contributed by atoms with E-state index in [4.69, 9.17) is 24.5 Å². The van der Waals surface area contributed by atoms with Crippen LogP contribution in [0.25, 0.3) is 0 Å². The van der Waals surface area contributed by atoms with E-state index in [1.54, 1.807) is 37.4 Å². The average molecular weight is 384 g/mol. The van der Waals surface area contributed by atoms with Crippen LogP contribution in [-0.4, -0.2) is 18.9 Å². The molecule has 1 aromatic heterocycles. The molecule has 144 valence electrons. The topological polar surface area (TPSA) is 96.3 Å². The van der Waals surface area contributed by atoms with Crippen LogP contribution in [0, 0.1) is 5.82 Å². The Morgan fingerprint density at radius 1 is 1.04 bits per heavy atom. The number of carbonyl (C=O) groups is 1. The first-order valence-electron chi connectivity index (χ1n) is 8.21. The summed E-state index contributed by atoms with van der Waals surface area (Å²) in [6.45, 7) is 0.126. The minimum atomic E-state index is -0.819. The number of halogens is 1. The number of ether oxygens (including phenoxy) is 2. The maximum atomic E-state index is 12.9. The normalized spacial score (nSPS) is 11.1. The fraction of sp³-hybridized carbons (Fsp3) is 0.100. The summed E-state index contributed by atoms with van der Waals surface area (Å²) in [5, 5.41) is 3.54. The summed E-state index contributed by atoms with van der Waals surface area (Å²) in [6.07, 6.45) is 0. The quantitative estimate of drug-likeness (QED) is 0.290. The van der Waals surface area contributed by atoms with Gasteiger partial charge in [0, 0.05) is 5.56 Å². The molecule has 0 atom stereocenters. The molecule has 0 amide bonds. The third kappa shape index (κ3) is 4.88. The molecular weight excluding hydrogens is 367 g/mol. The van der Waals surface area contributed by atoms with Crippen molar-refractivity contribution in [2.24, 2.45) is 10.9 Å². The Labute approximate surface area is 160 Å². The van der Waals surface area contributed by atoms with Gasteiger partial charge in [0.25, 0.3) is 0 Å². The van der Waals surface area contributed by atoms with Gasteiger partial charge in [-0.15, -0.1) is 0 Å². The number of oxime groups is 1. The van der Waals surface area contributed by atoms with Crippen molar-refractivity contribution in [3.05, 3.63) is 83.6 Å². The third-order valence-corrected chi connectivity index (χ3v) is 3.67. The maximum Gasteiger partial charge on any atom is 0.400 e. The number of rotatable bonds is 7. The van der Waals surface area contributed by atoms with E-state index in [1.165, 1.54) is 30.3 Å². The molecule has 0 radical (unpaired) electrons. The first kappa shape index (κ1) is 19.0. The number of methoxy groups -OCH3 is 1. The van der Waals surface area contributed by atoms with Gasteiger partial charge in [-0.1, -0.05) is 5.16 Å². The number of nitrogens with zero attached hydrogens (tertiary/aromatic N) is 1. The van der Waals surface area contributed by atoms with Crippen LogP contribution in [-0.2, 0) is 11.4 Å². The van der Waals surface area contributed by atoms with E-state index < -0.39 is 11.8 Å². The lowest BCUT2D eigenvalue weighted by atomic mass is 10.2. The largest absolute Gasteiger partial charge is 0.497 e. The highest BCUT2D eigenvalue weighted by Crippen LogP contribution is 2.19. The number of benzene rings is 2. The van der Waals surface area contributed by atoms with E-state index in [1.807, 2.05) is 0 Å². The summed E-state index contributed by atoms with van der Waals surface area (Å²) >= 11 is 0. The van der Waals surface area contributed by atoms with E-state index in [2.05, 4.69) is 5.16 Å². The fourth-order valence-electron chi connectivity index (χ4n) is 2.20. The molecular formula is C20H17FN2O5. The van der Waals surface area contributed by atoms with Gasteiger partial charge >= 0.3 is 5.97 Å². The molecule has 3 rings (SSSR count). The minimum Gasteiger partial charge on any atom is -0.497 e. The molecule has 0 saturated carbocycles. The number of hydrogen-bond donors (Lipinski definition) is 1. The third-order valence-electron chi connectivity index (χ3n) is 3.67. The van der Waals surface area contributed by atoms with Crippen LogP contribution in [0.4, 0.5) is 4.39 Å². The van der Waals surface area contributed by atoms with Crippen molar-refractivity contribution in [2.75, 3.05) is 7.11 Å². The zero-order valence-corrected chi connectivity index (χ0v) is 14.9. The molecule has 2 aromatic carbocycles. The van der Waals surface area contributed by atoms with Gasteiger partial charge in [-0.3, -0.25) is 0 Å². The Morgan fingerprint density at radius 2 is 1.71 bits per heavy atom. The molecule has 0 unspecified atom stereocenters. The zero-order valence-electron chi connectivity index (χ0n) is 14.9. The lowest BCUT2D eigenvalue weighted by Crippen LogP contribution is -2.15. The molecule has 0 aliphatic carbocycles. The van der Waals surface area contributed by atoms with Gasteiger partial charge in [-0.2, -0.15) is 0 Å². The standard InChI is InChI=1S/C20H17FN2O5/c1-25-15-6-8-16(9-7-15)26-12-17-10-11-18(27-17)20(24)28-23-19(22)13-2-4-14(21)5-3-13/h2-11H,12H2,1H3,(H2,22,23). The SMILES string of the molecule is COc1ccc(OCc2ccc(C(=O)O/N=C(\N)c3ccc(F)cc3)o2)cc1. The van der Waals surface area contributed by atoms with Crippen LogP contribution >= 0.6 is 0 Å². The van der Waals surface area contributed by atoms with Gasteiger partial charge in [0.2, 0.25) is 5.76 Å². The Bertz CT molecular complexity index is 965. The Kier molecular flexibility index (Phi) is 5.91. The second-order valence-electron chi connectivity index (χ2n) is 5.59. The molecule has 8 heteroatoms. The van der Waals surface area contributed by atoms with Crippen LogP contribution in [0.5, 0.6) is 11.5 Å². The van der Waals surface area contributed by atoms with Crippen molar-refractivity contribution in [3.8, 4) is 11.5 Å². The van der Waals surface area contributed by atoms with Crippen molar-refractivity contribution >= 4 is 11.8 Å². The lowest BCUT2D eigenvalue weighted by molar-refractivity contribution is 0.0475. The first-order valence-corrected chi connectivity index (χ1v) is 8.21. The maximum absolute atomic E-state index is 12.9. The van der Waals surface area contributed by atoms with E-state index in [0.717, 1.165) is 5.75 Å². The molecule has 0 aliphatic rings. The van der Waals surface area contributed by atoms with Gasteiger partial charge in [-0.25, -0.2) is 9.18 Å². The molecule has 2 N–H and O–H groups in total. The first-order chi connectivity index (χ1) is 13.5. The molecule has 1 heterocycles. The molecule has 0 bridgehead atoms. The molecule has 0 fully saturated rings. The number of nitrogens with two attached hydrogens (primary N) is 1. The van der Waals surface area contributed by atoms with Gasteiger partial charge < -0.3 is 24.5 Å². The van der Waals surface area contributed by atoms with Crippen LogP contribution in [0.1, 0.15) is 21.9 Å². The Morgan fingerprint density at radius 3 is 2.39 bits per heavy atom. The van der Waals surface area contributed by atoms with Crippen molar-refractivity contribution in [2.45, 2.75) is 6.61 Å². The monoisotopic (exact) mass is 384 g/mol. The summed E-state index contributed by atoms with van der Waals surface area (Å²) < 4.78 is 28.9. The van der Waals surface area contributed by atoms with Crippen LogP contribution in [0.3, 0.4) is 0 Å². The molecule has 3 aromatic rings. The van der Waals surface area contributed by atoms with E-state index in [0.29, 0.717) is 17.1 Å². The zero-order chi connectivity index (χ0) is 19.9. The Hall–Kier alpha value is -3.81. The highest BCUT2D eigenvalue weighted by atomic mass is 19.1. The van der Waals surface area contributed by atoms with Gasteiger partial charge in [0.1, 0.15) is 29.7 Å². The van der Waals surface area contributed by atoms with Crippen molar-refractivity contribution < 1.29 is 27.9 Å². The molecule has 28 heavy (non-hydrogen) atoms. The predicted molar refractivity (Wildman–Crippen MR) is 98.6 cm³/mol. The molecule has 7 nitrogen and oxygen atoms in total. The van der Waals surface area contributed by atoms with Crippen LogP contribution in [0.2, 0.25) is 0 Å². The number of carbonyl (C=O) groups excluding carboxylic acids is 1. The highest BCUT2D eigenvalue weighted by Gasteiger charge is 2.14. The Balaban J connectivity index is 1.55. The highest BCUT2D eigenvalue weighted by molar-refractivity contribution is 5.97. The van der Waals surface area contributed by atoms with Gasteiger partial charge in [0.15, 0.2) is 5.84 Å². The van der Waals surface area contributed by atoms with Crippen molar-refractivity contribution in [1.29, 1.82) is 0 Å². The number of hydrogen-bond acceptors (Lipinski definition) is 6. The summed E-state index contributed by atoms with van der Waals surface area (Å²) in [6, 6.07) is 15.4. The van der Waals surface area contributed by atoms with Gasteiger partial charge in [-0.05, 0) is 60.7 Å². The summed E-state index contributed by atoms with van der Waals surface area (Å²) in [5.74, 6) is 0.424. The molecule has 0 spiro atoms. The predicted octanol–water partition coefficient (Wildman–Crippen LogP) is 3.48. The summed E-state index contributed by atoms with van der Waals surface area (Å²) in [4.78, 5) is 16.8. The van der Waals surface area contributed by atoms with Crippen molar-refractivity contribution in [3.63, 3.8) is 0 Å². The van der Waals surface area contributed by atoms with E-state index in [9.17, 15) is 9.18 Å². The average Bonchev–Trinajstić information content (AvgIpc) is 3.20. The van der Waals surface area contributed by atoms with E-state index >= 15 is 0 Å². The smallest absolute Gasteiger partial charge is 0.400 e. The number of amidine groups is 1. The van der Waals surface area contributed by atoms with Crippen LogP contribution in [0.15, 0.2) is 70.2 Å².